The summed E-state index contributed by atoms with van der Waals surface area (Å²) < 4.78 is 34.8. The van der Waals surface area contributed by atoms with E-state index >= 15 is 0 Å². The zero-order valence-corrected chi connectivity index (χ0v) is 16.9. The predicted molar refractivity (Wildman–Crippen MR) is 104 cm³/mol. The molecule has 0 unspecified atom stereocenters. The van der Waals surface area contributed by atoms with Crippen LogP contribution in [0.25, 0.3) is 0 Å². The molecule has 3 aliphatic rings. The molecule has 3 fully saturated rings. The molecule has 0 radical (unpaired) electrons. The van der Waals surface area contributed by atoms with Crippen LogP contribution in [0.4, 0.5) is 0 Å². The molecule has 1 aliphatic carbocycles. The monoisotopic (exact) mass is 410 g/mol. The van der Waals surface area contributed by atoms with Gasteiger partial charge in [0.05, 0.1) is 31.8 Å². The summed E-state index contributed by atoms with van der Waals surface area (Å²) in [4.78, 5) is 18.5. The van der Waals surface area contributed by atoms with E-state index in [0.717, 1.165) is 18.4 Å². The van der Waals surface area contributed by atoms with E-state index in [4.69, 9.17) is 9.47 Å². The van der Waals surface area contributed by atoms with Crippen molar-refractivity contribution in [2.75, 3.05) is 25.7 Å². The maximum atomic E-state index is 12.2. The Morgan fingerprint density at radius 1 is 1.22 bits per heavy atom. The molecule has 9 heteroatoms. The van der Waals surface area contributed by atoms with Gasteiger partial charge in [0, 0.05) is 17.7 Å². The molecule has 1 saturated carbocycles. The number of benzene rings is 1. The van der Waals surface area contributed by atoms with Crippen molar-refractivity contribution in [2.45, 2.75) is 30.7 Å². The molecule has 1 aromatic carbocycles. The topological polar surface area (TPSA) is 85.3 Å². The third kappa shape index (κ3) is 3.80. The van der Waals surface area contributed by atoms with Gasteiger partial charge in [0.1, 0.15) is 0 Å². The molecule has 4 rings (SSSR count). The summed E-state index contributed by atoms with van der Waals surface area (Å²) in [5, 5.41) is 0.576. The van der Waals surface area contributed by atoms with Crippen LogP contribution in [0.5, 0.6) is 11.5 Å². The van der Waals surface area contributed by atoms with Crippen LogP contribution in [0.15, 0.2) is 23.2 Å². The molecule has 0 bridgehead atoms. The van der Waals surface area contributed by atoms with Gasteiger partial charge in [-0.2, -0.15) is 4.99 Å². The third-order valence-electron chi connectivity index (χ3n) is 5.11. The van der Waals surface area contributed by atoms with Crippen LogP contribution >= 0.6 is 11.8 Å². The second-order valence-electron chi connectivity index (χ2n) is 7.12. The van der Waals surface area contributed by atoms with E-state index in [1.807, 2.05) is 23.1 Å². The number of rotatable bonds is 5. The van der Waals surface area contributed by atoms with E-state index in [0.29, 0.717) is 23.2 Å². The third-order valence-corrected chi connectivity index (χ3v) is 8.36. The van der Waals surface area contributed by atoms with Crippen LogP contribution in [-0.2, 0) is 21.2 Å². The number of aliphatic imine (C=N–C) groups is 1. The molecule has 0 spiro atoms. The van der Waals surface area contributed by atoms with Crippen molar-refractivity contribution in [3.63, 3.8) is 0 Å². The predicted octanol–water partition coefficient (Wildman–Crippen LogP) is 1.71. The Labute approximate surface area is 163 Å². The van der Waals surface area contributed by atoms with Gasteiger partial charge in [0.25, 0.3) is 5.91 Å². The minimum absolute atomic E-state index is 0.0465. The molecular weight excluding hydrogens is 388 g/mol. The zero-order chi connectivity index (χ0) is 19.2. The Morgan fingerprint density at radius 2 is 1.96 bits per heavy atom. The van der Waals surface area contributed by atoms with Crippen LogP contribution in [0.1, 0.15) is 18.4 Å². The number of ether oxygens (including phenoxy) is 2. The SMILES string of the molecule is COc1ccc(CN2C(=NC(=O)C3CC3)S[C@H]3CS(=O)(=O)C[C@H]32)cc1OC. The zero-order valence-electron chi connectivity index (χ0n) is 15.3. The van der Waals surface area contributed by atoms with E-state index < -0.39 is 9.84 Å². The molecule has 7 nitrogen and oxygen atoms in total. The van der Waals surface area contributed by atoms with Crippen LogP contribution in [0.2, 0.25) is 0 Å². The van der Waals surface area contributed by atoms with E-state index in [2.05, 4.69) is 4.99 Å². The summed E-state index contributed by atoms with van der Waals surface area (Å²) >= 11 is 1.42. The highest BCUT2D eigenvalue weighted by molar-refractivity contribution is 8.15. The van der Waals surface area contributed by atoms with E-state index in [1.165, 1.54) is 11.8 Å². The Morgan fingerprint density at radius 3 is 2.63 bits per heavy atom. The summed E-state index contributed by atoms with van der Waals surface area (Å²) in [6.45, 7) is 0.473. The van der Waals surface area contributed by atoms with Crippen molar-refractivity contribution < 1.29 is 22.7 Å². The van der Waals surface area contributed by atoms with Crippen molar-refractivity contribution in [1.29, 1.82) is 0 Å². The first-order valence-corrected chi connectivity index (χ1v) is 11.6. The van der Waals surface area contributed by atoms with Crippen LogP contribution in [0.3, 0.4) is 0 Å². The van der Waals surface area contributed by atoms with Gasteiger partial charge in [-0.3, -0.25) is 4.79 Å². The summed E-state index contributed by atoms with van der Waals surface area (Å²) in [6.07, 6.45) is 1.80. The van der Waals surface area contributed by atoms with Crippen molar-refractivity contribution >= 4 is 32.7 Å². The molecule has 146 valence electrons. The number of thioether (sulfide) groups is 1. The summed E-state index contributed by atoms with van der Waals surface area (Å²) in [5.41, 5.74) is 0.949. The van der Waals surface area contributed by atoms with Gasteiger partial charge in [0.2, 0.25) is 0 Å². The first-order chi connectivity index (χ1) is 12.9. The second-order valence-corrected chi connectivity index (χ2v) is 10.5. The number of nitrogens with zero attached hydrogens (tertiary/aromatic N) is 2. The number of amidine groups is 1. The maximum Gasteiger partial charge on any atom is 0.251 e. The van der Waals surface area contributed by atoms with Gasteiger partial charge in [-0.15, -0.1) is 0 Å². The largest absolute Gasteiger partial charge is 0.493 e. The minimum Gasteiger partial charge on any atom is -0.493 e. The summed E-state index contributed by atoms with van der Waals surface area (Å²) in [5.74, 6) is 1.46. The number of hydrogen-bond donors (Lipinski definition) is 0. The Hall–Kier alpha value is -1.74. The summed E-state index contributed by atoms with van der Waals surface area (Å²) in [7, 11) is 0.101. The lowest BCUT2D eigenvalue weighted by Crippen LogP contribution is -2.37. The van der Waals surface area contributed by atoms with Crippen molar-refractivity contribution in [1.82, 2.24) is 4.90 Å². The van der Waals surface area contributed by atoms with E-state index in [-0.39, 0.29) is 34.6 Å². The highest BCUT2D eigenvalue weighted by atomic mass is 32.2. The number of hydrogen-bond acceptors (Lipinski definition) is 6. The maximum absolute atomic E-state index is 12.2. The number of sulfone groups is 1. The van der Waals surface area contributed by atoms with Crippen LogP contribution in [0, 0.1) is 5.92 Å². The Kier molecular flexibility index (Phi) is 4.84. The fourth-order valence-electron chi connectivity index (χ4n) is 3.51. The highest BCUT2D eigenvalue weighted by Gasteiger charge is 2.49. The molecule has 2 aliphatic heterocycles. The molecular formula is C18H22N2O5S2. The molecule has 2 saturated heterocycles. The van der Waals surface area contributed by atoms with Gasteiger partial charge in [-0.25, -0.2) is 8.42 Å². The van der Waals surface area contributed by atoms with Gasteiger partial charge in [0.15, 0.2) is 26.5 Å². The number of methoxy groups -OCH3 is 2. The van der Waals surface area contributed by atoms with E-state index in [9.17, 15) is 13.2 Å². The number of fused-ring (bicyclic) bond motifs is 1. The normalized spacial score (nSPS) is 27.6. The highest BCUT2D eigenvalue weighted by Crippen LogP contribution is 2.40. The molecule has 1 amide bonds. The van der Waals surface area contributed by atoms with Gasteiger partial charge in [-0.05, 0) is 30.5 Å². The number of amides is 1. The van der Waals surface area contributed by atoms with Crippen molar-refractivity contribution in [3.8, 4) is 11.5 Å². The molecule has 0 N–H and O–H groups in total. The van der Waals surface area contributed by atoms with Crippen molar-refractivity contribution in [2.24, 2.45) is 10.9 Å². The molecule has 2 heterocycles. The fourth-order valence-corrected chi connectivity index (χ4v) is 7.47. The number of carbonyl (C=O) groups is 1. The lowest BCUT2D eigenvalue weighted by Gasteiger charge is -2.25. The minimum atomic E-state index is -3.06. The lowest BCUT2D eigenvalue weighted by atomic mass is 10.1. The average molecular weight is 411 g/mol. The smallest absolute Gasteiger partial charge is 0.251 e. The Balaban J connectivity index is 1.62. The van der Waals surface area contributed by atoms with Gasteiger partial charge < -0.3 is 14.4 Å². The number of carbonyl (C=O) groups excluding carboxylic acids is 1. The van der Waals surface area contributed by atoms with Gasteiger partial charge in [-0.1, -0.05) is 17.8 Å². The Bertz CT molecular complexity index is 895. The first-order valence-electron chi connectivity index (χ1n) is 8.87. The summed E-state index contributed by atoms with van der Waals surface area (Å²) in [6, 6.07) is 5.47. The average Bonchev–Trinajstić information content (AvgIpc) is 3.38. The second kappa shape index (κ2) is 7.01. The van der Waals surface area contributed by atoms with Crippen LogP contribution in [-0.4, -0.2) is 61.4 Å². The first kappa shape index (κ1) is 18.6. The molecule has 1 aromatic rings. The van der Waals surface area contributed by atoms with E-state index in [1.54, 1.807) is 14.2 Å². The standard InChI is InChI=1S/C18H22N2O5S2/c1-24-14-6-3-11(7-15(14)25-2)8-20-13-9-27(22,23)10-16(13)26-18(20)19-17(21)12-4-5-12/h3,6-7,12-13,16H,4-5,8-10H2,1-2H3/t13-,16+/m1/s1. The molecule has 0 aromatic heterocycles. The van der Waals surface area contributed by atoms with Crippen LogP contribution < -0.4 is 9.47 Å². The quantitative estimate of drug-likeness (QED) is 0.730. The lowest BCUT2D eigenvalue weighted by molar-refractivity contribution is -0.118. The molecule has 27 heavy (non-hydrogen) atoms. The van der Waals surface area contributed by atoms with Gasteiger partial charge >= 0.3 is 0 Å². The molecule has 2 atom stereocenters. The fraction of sp³-hybridized carbons (Fsp3) is 0.556. The van der Waals surface area contributed by atoms with Crippen molar-refractivity contribution in [3.05, 3.63) is 23.8 Å².